The van der Waals surface area contributed by atoms with Gasteiger partial charge in [0.25, 0.3) is 5.91 Å². The fourth-order valence-corrected chi connectivity index (χ4v) is 3.65. The number of hydrogen-bond acceptors (Lipinski definition) is 5. The van der Waals surface area contributed by atoms with E-state index < -0.39 is 35.4 Å². The van der Waals surface area contributed by atoms with Crippen molar-refractivity contribution >= 4 is 23.4 Å². The molecular formula is C21H19F2N3O4. The zero-order valence-electron chi connectivity index (χ0n) is 17.1. The first kappa shape index (κ1) is 18.5. The van der Waals surface area contributed by atoms with E-state index >= 15 is 0 Å². The Morgan fingerprint density at radius 1 is 1.30 bits per heavy atom. The van der Waals surface area contributed by atoms with Crippen molar-refractivity contribution in [2.24, 2.45) is 0 Å². The van der Waals surface area contributed by atoms with Crippen LogP contribution in [-0.2, 0) is 22.7 Å². The maximum Gasteiger partial charge on any atom is 0.255 e. The number of benzene rings is 2. The minimum absolute atomic E-state index is 0.00583. The summed E-state index contributed by atoms with van der Waals surface area (Å²) in [4.78, 5) is 37.7. The molecule has 3 amide bonds. The third-order valence-corrected chi connectivity index (χ3v) is 5.17. The van der Waals surface area contributed by atoms with Gasteiger partial charge in [0.1, 0.15) is 11.8 Å². The number of anilines is 1. The van der Waals surface area contributed by atoms with E-state index in [1.54, 1.807) is 12.1 Å². The summed E-state index contributed by atoms with van der Waals surface area (Å²) in [7, 11) is 1.35. The smallest absolute Gasteiger partial charge is 0.255 e. The molecule has 0 unspecified atom stereocenters. The Kier molecular flexibility index (Phi) is 4.78. The van der Waals surface area contributed by atoms with Crippen molar-refractivity contribution < 1.29 is 29.3 Å². The Morgan fingerprint density at radius 2 is 2.10 bits per heavy atom. The molecule has 2 aliphatic rings. The van der Waals surface area contributed by atoms with Crippen LogP contribution in [0.3, 0.4) is 0 Å². The lowest BCUT2D eigenvalue weighted by Gasteiger charge is -2.29. The van der Waals surface area contributed by atoms with Crippen LogP contribution < -0.4 is 15.4 Å². The summed E-state index contributed by atoms with van der Waals surface area (Å²) in [5.41, 5.74) is 0.945. The summed E-state index contributed by atoms with van der Waals surface area (Å²) < 4.78 is 42.1. The van der Waals surface area contributed by atoms with Crippen molar-refractivity contribution in [3.63, 3.8) is 0 Å². The molecule has 0 bridgehead atoms. The molecule has 1 fully saturated rings. The van der Waals surface area contributed by atoms with Crippen LogP contribution in [0.5, 0.6) is 5.75 Å². The van der Waals surface area contributed by atoms with Gasteiger partial charge in [0, 0.05) is 41.9 Å². The Hall–Kier alpha value is -3.49. The molecule has 2 aliphatic heterocycles. The van der Waals surface area contributed by atoms with Gasteiger partial charge < -0.3 is 15.0 Å². The van der Waals surface area contributed by atoms with Crippen LogP contribution in [0.1, 0.15) is 35.7 Å². The fourth-order valence-electron chi connectivity index (χ4n) is 3.65. The van der Waals surface area contributed by atoms with Crippen LogP contribution in [0.15, 0.2) is 30.3 Å². The minimum Gasteiger partial charge on any atom is -0.494 e. The molecule has 1 saturated heterocycles. The Morgan fingerprint density at radius 3 is 2.83 bits per heavy atom. The number of piperidine rings is 1. The van der Waals surface area contributed by atoms with Crippen LogP contribution in [0.4, 0.5) is 14.5 Å². The Labute approximate surface area is 172 Å². The molecule has 7 nitrogen and oxygen atoms in total. The normalized spacial score (nSPS) is 21.2. The number of halogens is 2. The van der Waals surface area contributed by atoms with Crippen molar-refractivity contribution in [2.75, 3.05) is 12.4 Å². The number of fused-ring (bicyclic) bond motifs is 1. The highest BCUT2D eigenvalue weighted by Gasteiger charge is 2.40. The van der Waals surface area contributed by atoms with Crippen LogP contribution in [0.2, 0.25) is 0 Å². The van der Waals surface area contributed by atoms with E-state index in [9.17, 15) is 23.2 Å². The van der Waals surface area contributed by atoms with Gasteiger partial charge in [-0.3, -0.25) is 19.7 Å². The van der Waals surface area contributed by atoms with E-state index in [1.807, 2.05) is 0 Å². The van der Waals surface area contributed by atoms with Gasteiger partial charge in [0.05, 0.1) is 8.48 Å². The van der Waals surface area contributed by atoms with Gasteiger partial charge in [0.15, 0.2) is 11.6 Å². The van der Waals surface area contributed by atoms with E-state index in [-0.39, 0.29) is 48.5 Å². The molecule has 2 heterocycles. The van der Waals surface area contributed by atoms with E-state index in [1.165, 1.54) is 19.2 Å². The molecule has 0 spiro atoms. The van der Waals surface area contributed by atoms with Gasteiger partial charge in [-0.15, -0.1) is 0 Å². The minimum atomic E-state index is -1.98. The number of carbonyl (C=O) groups is 3. The van der Waals surface area contributed by atoms with Crippen LogP contribution in [0.25, 0.3) is 0 Å². The van der Waals surface area contributed by atoms with E-state index in [2.05, 4.69) is 10.6 Å². The van der Waals surface area contributed by atoms with Gasteiger partial charge in [-0.05, 0) is 24.6 Å². The number of methoxy groups -OCH3 is 1. The van der Waals surface area contributed by atoms with Crippen molar-refractivity contribution in [1.29, 1.82) is 0 Å². The fraction of sp³-hybridized carbons (Fsp3) is 0.286. The maximum absolute atomic E-state index is 14.4. The van der Waals surface area contributed by atoms with Crippen molar-refractivity contribution in [1.82, 2.24) is 10.2 Å². The van der Waals surface area contributed by atoms with Crippen molar-refractivity contribution in [3.05, 3.63) is 58.7 Å². The number of ether oxygens (including phenoxy) is 1. The summed E-state index contributed by atoms with van der Waals surface area (Å²) in [6.45, 7) is -0.128. The molecule has 1 atom stereocenters. The summed E-state index contributed by atoms with van der Waals surface area (Å²) in [6, 6.07) is 4.88. The molecule has 0 aromatic heterocycles. The van der Waals surface area contributed by atoms with E-state index in [4.69, 9.17) is 6.11 Å². The molecule has 9 heteroatoms. The lowest BCUT2D eigenvalue weighted by Crippen LogP contribution is -2.52. The molecule has 2 N–H and O–H groups in total. The summed E-state index contributed by atoms with van der Waals surface area (Å²) in [5, 5.41) is 5.02. The first-order chi connectivity index (χ1) is 14.7. The Bertz CT molecular complexity index is 1110. The summed E-state index contributed by atoms with van der Waals surface area (Å²) >= 11 is 0. The number of hydrogen-bond donors (Lipinski definition) is 2. The predicted octanol–water partition coefficient (Wildman–Crippen LogP) is 2.35. The second kappa shape index (κ2) is 7.74. The number of nitrogens with zero attached hydrogens (tertiary/aromatic N) is 1. The maximum atomic E-state index is 14.4. The lowest BCUT2D eigenvalue weighted by molar-refractivity contribution is -0.136. The van der Waals surface area contributed by atoms with Crippen LogP contribution in [0, 0.1) is 11.6 Å². The van der Waals surface area contributed by atoms with E-state index in [0.29, 0.717) is 5.56 Å². The average Bonchev–Trinajstić information content (AvgIpc) is 3.07. The predicted molar refractivity (Wildman–Crippen MR) is 103 cm³/mol. The topological polar surface area (TPSA) is 87.7 Å². The molecule has 0 radical (unpaired) electrons. The third kappa shape index (κ3) is 3.47. The standard InChI is InChI=1S/C21H19F2N3O4/c1-30-17-4-2-3-11(19(17)23)9-24-15-8-12(22)7-13-14(15)10-26(21(13)29)16-5-6-18(27)25-20(16)28/h2-4,7-8,16,24H,5-6,9-10H2,1H3,(H,25,27,28)/t16-/m0/s1/i16D. The van der Waals surface area contributed by atoms with Gasteiger partial charge in [-0.25, -0.2) is 8.78 Å². The summed E-state index contributed by atoms with van der Waals surface area (Å²) in [6.07, 6.45) is -0.235. The van der Waals surface area contributed by atoms with Gasteiger partial charge in [0.2, 0.25) is 11.8 Å². The number of rotatable bonds is 5. The highest BCUT2D eigenvalue weighted by molar-refractivity contribution is 6.06. The first-order valence-corrected chi connectivity index (χ1v) is 9.28. The third-order valence-electron chi connectivity index (χ3n) is 5.17. The Balaban J connectivity index is 1.62. The zero-order valence-corrected chi connectivity index (χ0v) is 16.1. The first-order valence-electron chi connectivity index (χ1n) is 9.78. The second-order valence-electron chi connectivity index (χ2n) is 6.98. The lowest BCUT2D eigenvalue weighted by atomic mass is 10.0. The van der Waals surface area contributed by atoms with E-state index in [0.717, 1.165) is 11.0 Å². The molecule has 0 aliphatic carbocycles. The van der Waals surface area contributed by atoms with Gasteiger partial charge in [-0.2, -0.15) is 0 Å². The van der Waals surface area contributed by atoms with Crippen LogP contribution in [-0.4, -0.2) is 35.7 Å². The number of carbonyl (C=O) groups excluding carboxylic acids is 3. The largest absolute Gasteiger partial charge is 0.494 e. The van der Waals surface area contributed by atoms with Crippen molar-refractivity contribution in [2.45, 2.75) is 31.9 Å². The number of amides is 3. The van der Waals surface area contributed by atoms with Gasteiger partial charge in [-0.1, -0.05) is 12.1 Å². The van der Waals surface area contributed by atoms with Gasteiger partial charge >= 0.3 is 0 Å². The quantitative estimate of drug-likeness (QED) is 0.731. The highest BCUT2D eigenvalue weighted by atomic mass is 19.1. The molecule has 156 valence electrons. The van der Waals surface area contributed by atoms with Crippen LogP contribution >= 0.6 is 0 Å². The molecule has 0 saturated carbocycles. The molecule has 4 rings (SSSR count). The second-order valence-corrected chi connectivity index (χ2v) is 6.98. The average molecular weight is 416 g/mol. The molecular weight excluding hydrogens is 396 g/mol. The molecule has 2 aromatic rings. The molecule has 30 heavy (non-hydrogen) atoms. The SMILES string of the molecule is [2H][C@]1(N2Cc3c(NCc4cccc(OC)c4F)cc(F)cc3C2=O)CCC(=O)NC1=O. The zero-order chi connectivity index (χ0) is 22.3. The number of imide groups is 1. The number of nitrogens with one attached hydrogen (secondary N) is 2. The van der Waals surface area contributed by atoms with Crippen molar-refractivity contribution in [3.8, 4) is 5.75 Å². The highest BCUT2D eigenvalue weighted by Crippen LogP contribution is 2.34. The summed E-state index contributed by atoms with van der Waals surface area (Å²) in [5.74, 6) is -3.25. The monoisotopic (exact) mass is 416 g/mol. The molecule has 2 aromatic carbocycles.